The number of aliphatic imine (C=N–C) groups is 1. The van der Waals surface area contributed by atoms with Crippen LogP contribution in [0.5, 0.6) is 0 Å². The van der Waals surface area contributed by atoms with Gasteiger partial charge in [0.2, 0.25) is 0 Å². The molecule has 0 bridgehead atoms. The molecule has 1 rings (SSSR count). The molecule has 0 aromatic rings. The van der Waals surface area contributed by atoms with Crippen molar-refractivity contribution in [1.82, 2.24) is 9.80 Å². The van der Waals surface area contributed by atoms with E-state index in [0.29, 0.717) is 11.9 Å². The van der Waals surface area contributed by atoms with Crippen LogP contribution in [0.15, 0.2) is 4.99 Å². The lowest BCUT2D eigenvalue weighted by Gasteiger charge is -2.20. The second-order valence-corrected chi connectivity index (χ2v) is 4.42. The minimum atomic E-state index is 0.703. The highest BCUT2D eigenvalue weighted by atomic mass is 15.2. The van der Waals surface area contributed by atoms with Gasteiger partial charge >= 0.3 is 0 Å². The fourth-order valence-corrected chi connectivity index (χ4v) is 2.22. The fourth-order valence-electron chi connectivity index (χ4n) is 2.22. The molecule has 1 aliphatic heterocycles. The predicted octanol–water partition coefficient (Wildman–Crippen LogP) is 0.985. The van der Waals surface area contributed by atoms with E-state index in [1.165, 1.54) is 19.5 Å². The van der Waals surface area contributed by atoms with E-state index < -0.39 is 0 Å². The van der Waals surface area contributed by atoms with E-state index in [4.69, 9.17) is 5.73 Å². The first kappa shape index (κ1) is 13.3. The first-order valence-corrected chi connectivity index (χ1v) is 6.48. The smallest absolute Gasteiger partial charge is 0.191 e. The molecule has 1 unspecified atom stereocenters. The molecular weight excluding hydrogens is 200 g/mol. The molecule has 1 fully saturated rings. The van der Waals surface area contributed by atoms with Crippen LogP contribution in [0.3, 0.4) is 0 Å². The first-order valence-electron chi connectivity index (χ1n) is 6.48. The number of nitrogens with zero attached hydrogens (tertiary/aromatic N) is 3. The summed E-state index contributed by atoms with van der Waals surface area (Å²) in [5, 5.41) is 0. The zero-order chi connectivity index (χ0) is 12.0. The third-order valence-electron chi connectivity index (χ3n) is 3.42. The molecule has 1 heterocycles. The van der Waals surface area contributed by atoms with Crippen molar-refractivity contribution in [1.29, 1.82) is 0 Å². The summed E-state index contributed by atoms with van der Waals surface area (Å²) in [6.07, 6.45) is 1.27. The van der Waals surface area contributed by atoms with Gasteiger partial charge in [0.1, 0.15) is 0 Å². The average molecular weight is 226 g/mol. The lowest BCUT2D eigenvalue weighted by Crippen LogP contribution is -2.37. The van der Waals surface area contributed by atoms with Gasteiger partial charge in [-0.15, -0.1) is 0 Å². The van der Waals surface area contributed by atoms with Crippen LogP contribution < -0.4 is 5.73 Å². The lowest BCUT2D eigenvalue weighted by atomic mass is 10.1. The Morgan fingerprint density at radius 3 is 2.56 bits per heavy atom. The Hall–Kier alpha value is -0.770. The van der Waals surface area contributed by atoms with Crippen molar-refractivity contribution in [3.05, 3.63) is 0 Å². The van der Waals surface area contributed by atoms with Gasteiger partial charge in [0.25, 0.3) is 0 Å². The molecule has 0 saturated carbocycles. The van der Waals surface area contributed by atoms with E-state index in [-0.39, 0.29) is 0 Å². The lowest BCUT2D eigenvalue weighted by molar-refractivity contribution is 0.343. The Morgan fingerprint density at radius 2 is 2.06 bits per heavy atom. The van der Waals surface area contributed by atoms with Crippen molar-refractivity contribution in [2.24, 2.45) is 16.6 Å². The van der Waals surface area contributed by atoms with E-state index in [1.807, 2.05) is 0 Å². The van der Waals surface area contributed by atoms with E-state index >= 15 is 0 Å². The highest BCUT2D eigenvalue weighted by molar-refractivity contribution is 5.77. The van der Waals surface area contributed by atoms with Crippen LogP contribution in [-0.4, -0.2) is 55.0 Å². The summed E-state index contributed by atoms with van der Waals surface area (Å²) in [5.74, 6) is 1.41. The molecule has 0 radical (unpaired) electrons. The topological polar surface area (TPSA) is 44.9 Å². The standard InChI is InChI=1S/C12H26N4/c1-4-15-8-7-11(10-15)9-14-12(13)16(5-2)6-3/h11H,4-10H2,1-3H3,(H2,13,14). The van der Waals surface area contributed by atoms with Crippen LogP contribution in [0.4, 0.5) is 0 Å². The Balaban J connectivity index is 2.35. The SMILES string of the molecule is CCN1CCC(CN=C(N)N(CC)CC)C1. The first-order chi connectivity index (χ1) is 7.71. The summed E-state index contributed by atoms with van der Waals surface area (Å²) >= 11 is 0. The van der Waals surface area contributed by atoms with Gasteiger partial charge in [0.15, 0.2) is 5.96 Å². The zero-order valence-corrected chi connectivity index (χ0v) is 10.9. The van der Waals surface area contributed by atoms with Crippen molar-refractivity contribution in [2.75, 3.05) is 39.3 Å². The number of nitrogens with two attached hydrogens (primary N) is 1. The maximum Gasteiger partial charge on any atom is 0.191 e. The number of guanidine groups is 1. The Morgan fingerprint density at radius 1 is 1.38 bits per heavy atom. The predicted molar refractivity (Wildman–Crippen MR) is 69.6 cm³/mol. The van der Waals surface area contributed by atoms with Gasteiger partial charge in [0, 0.05) is 26.2 Å². The Labute approximate surface area is 99.5 Å². The number of hydrogen-bond acceptors (Lipinski definition) is 2. The summed E-state index contributed by atoms with van der Waals surface area (Å²) in [6, 6.07) is 0. The number of likely N-dealkylation sites (tertiary alicyclic amines) is 1. The van der Waals surface area contributed by atoms with Crippen molar-refractivity contribution in [2.45, 2.75) is 27.2 Å². The van der Waals surface area contributed by atoms with Crippen molar-refractivity contribution >= 4 is 5.96 Å². The summed E-state index contributed by atoms with van der Waals surface area (Å²) in [6.45, 7) is 12.8. The van der Waals surface area contributed by atoms with Crippen LogP contribution >= 0.6 is 0 Å². The fraction of sp³-hybridized carbons (Fsp3) is 0.917. The van der Waals surface area contributed by atoms with Crippen LogP contribution in [-0.2, 0) is 0 Å². The molecule has 0 aromatic heterocycles. The van der Waals surface area contributed by atoms with E-state index in [0.717, 1.165) is 26.2 Å². The zero-order valence-electron chi connectivity index (χ0n) is 10.9. The third-order valence-corrected chi connectivity index (χ3v) is 3.42. The number of hydrogen-bond donors (Lipinski definition) is 1. The van der Waals surface area contributed by atoms with Gasteiger partial charge in [-0.3, -0.25) is 4.99 Å². The molecule has 4 nitrogen and oxygen atoms in total. The maximum absolute atomic E-state index is 5.95. The van der Waals surface area contributed by atoms with Crippen molar-refractivity contribution in [3.8, 4) is 0 Å². The molecule has 0 spiro atoms. The van der Waals surface area contributed by atoms with Gasteiger partial charge in [-0.2, -0.15) is 0 Å². The van der Waals surface area contributed by atoms with E-state index in [2.05, 4.69) is 35.6 Å². The van der Waals surface area contributed by atoms with Crippen molar-refractivity contribution in [3.63, 3.8) is 0 Å². The van der Waals surface area contributed by atoms with Gasteiger partial charge in [0.05, 0.1) is 0 Å². The van der Waals surface area contributed by atoms with Gasteiger partial charge in [-0.25, -0.2) is 0 Å². The van der Waals surface area contributed by atoms with E-state index in [1.54, 1.807) is 0 Å². The van der Waals surface area contributed by atoms with E-state index in [9.17, 15) is 0 Å². The second-order valence-electron chi connectivity index (χ2n) is 4.42. The van der Waals surface area contributed by atoms with Crippen LogP contribution in [0.1, 0.15) is 27.2 Å². The third kappa shape index (κ3) is 3.67. The molecule has 1 aliphatic rings. The van der Waals surface area contributed by atoms with Gasteiger partial charge in [-0.1, -0.05) is 6.92 Å². The summed E-state index contributed by atoms with van der Waals surface area (Å²) in [5.41, 5.74) is 5.95. The molecule has 94 valence electrons. The molecule has 0 aromatic carbocycles. The second kappa shape index (κ2) is 6.74. The highest BCUT2D eigenvalue weighted by Gasteiger charge is 2.20. The summed E-state index contributed by atoms with van der Waals surface area (Å²) < 4.78 is 0. The minimum absolute atomic E-state index is 0.703. The van der Waals surface area contributed by atoms with Crippen LogP contribution in [0, 0.1) is 5.92 Å². The largest absolute Gasteiger partial charge is 0.370 e. The van der Waals surface area contributed by atoms with Gasteiger partial charge in [-0.05, 0) is 39.3 Å². The summed E-state index contributed by atoms with van der Waals surface area (Å²) in [4.78, 5) is 9.09. The minimum Gasteiger partial charge on any atom is -0.370 e. The highest BCUT2D eigenvalue weighted by Crippen LogP contribution is 2.15. The molecule has 4 heteroatoms. The molecule has 0 aliphatic carbocycles. The molecule has 1 saturated heterocycles. The average Bonchev–Trinajstić information content (AvgIpc) is 2.76. The summed E-state index contributed by atoms with van der Waals surface area (Å²) in [7, 11) is 0. The van der Waals surface area contributed by atoms with Crippen LogP contribution in [0.25, 0.3) is 0 Å². The molecular formula is C12H26N4. The monoisotopic (exact) mass is 226 g/mol. The maximum atomic E-state index is 5.95. The molecule has 16 heavy (non-hydrogen) atoms. The molecule has 0 amide bonds. The molecule has 2 N–H and O–H groups in total. The van der Waals surface area contributed by atoms with Gasteiger partial charge < -0.3 is 15.5 Å². The molecule has 1 atom stereocenters. The Bertz CT molecular complexity index is 223. The quantitative estimate of drug-likeness (QED) is 0.561. The van der Waals surface area contributed by atoms with Crippen molar-refractivity contribution < 1.29 is 0 Å². The normalized spacial score (nSPS) is 22.7. The Kier molecular flexibility index (Phi) is 5.60. The number of rotatable bonds is 5. The van der Waals surface area contributed by atoms with Crippen LogP contribution in [0.2, 0.25) is 0 Å².